The lowest BCUT2D eigenvalue weighted by Gasteiger charge is -2.37. The van der Waals surface area contributed by atoms with Crippen LogP contribution in [0.5, 0.6) is 5.75 Å². The van der Waals surface area contributed by atoms with E-state index in [1.54, 1.807) is 0 Å². The molecule has 2 amide bonds. The molecule has 0 saturated carbocycles. The van der Waals surface area contributed by atoms with Gasteiger partial charge in [0.05, 0.1) is 6.61 Å². The lowest BCUT2D eigenvalue weighted by Crippen LogP contribution is -2.44. The fraction of sp³-hybridized carbons (Fsp3) is 0.704. The lowest BCUT2D eigenvalue weighted by molar-refractivity contribution is -0.132. The quantitative estimate of drug-likeness (QED) is 0.586. The summed E-state index contributed by atoms with van der Waals surface area (Å²) >= 11 is 0. The molecule has 0 radical (unpaired) electrons. The van der Waals surface area contributed by atoms with Crippen molar-refractivity contribution < 1.29 is 19.1 Å². The summed E-state index contributed by atoms with van der Waals surface area (Å²) in [5.74, 6) is 1.77. The van der Waals surface area contributed by atoms with Gasteiger partial charge in [0.25, 0.3) is 0 Å². The fourth-order valence-electron chi connectivity index (χ4n) is 4.90. The predicted octanol–water partition coefficient (Wildman–Crippen LogP) is 4.03. The minimum Gasteiger partial charge on any atom is -0.493 e. The normalized spacial score (nSPS) is 17.3. The van der Waals surface area contributed by atoms with Crippen molar-refractivity contribution >= 4 is 12.0 Å². The van der Waals surface area contributed by atoms with Gasteiger partial charge in [0.2, 0.25) is 5.91 Å². The van der Waals surface area contributed by atoms with E-state index in [1.165, 1.54) is 11.1 Å². The Bertz CT molecular complexity index is 828. The highest BCUT2D eigenvalue weighted by Crippen LogP contribution is 2.27. The number of alkyl carbamates (subject to hydrolysis) is 1. The van der Waals surface area contributed by atoms with Crippen molar-refractivity contribution in [3.8, 4) is 5.75 Å². The van der Waals surface area contributed by atoms with Crippen LogP contribution in [-0.4, -0.2) is 72.8 Å². The number of benzene rings is 1. The monoisotopic (exact) mass is 473 g/mol. The lowest BCUT2D eigenvalue weighted by atomic mass is 9.94. The molecule has 1 N–H and O–H groups in total. The molecule has 3 rings (SSSR count). The summed E-state index contributed by atoms with van der Waals surface area (Å²) in [4.78, 5) is 28.8. The van der Waals surface area contributed by atoms with Gasteiger partial charge in [0.15, 0.2) is 0 Å². The highest BCUT2D eigenvalue weighted by molar-refractivity contribution is 5.77. The number of rotatable bonds is 9. The Morgan fingerprint density at radius 1 is 1.26 bits per heavy atom. The number of likely N-dealkylation sites (N-methyl/N-ethyl adjacent to an activating group) is 1. The third-order valence-electron chi connectivity index (χ3n) is 6.78. The van der Waals surface area contributed by atoms with Crippen LogP contribution in [0.15, 0.2) is 18.2 Å². The molecule has 34 heavy (non-hydrogen) atoms. The third-order valence-corrected chi connectivity index (χ3v) is 6.78. The number of carbonyl (C=O) groups is 2. The largest absolute Gasteiger partial charge is 0.493 e. The summed E-state index contributed by atoms with van der Waals surface area (Å²) in [7, 11) is 0. The topological polar surface area (TPSA) is 71.1 Å². The molecule has 1 saturated heterocycles. The molecule has 1 unspecified atom stereocenters. The molecule has 1 aromatic rings. The maximum absolute atomic E-state index is 12.6. The van der Waals surface area contributed by atoms with Gasteiger partial charge in [-0.1, -0.05) is 19.1 Å². The zero-order chi connectivity index (χ0) is 24.7. The van der Waals surface area contributed by atoms with Crippen molar-refractivity contribution in [2.75, 3.05) is 39.3 Å². The molecule has 0 bridgehead atoms. The van der Waals surface area contributed by atoms with Gasteiger partial charge in [-0.05, 0) is 76.6 Å². The van der Waals surface area contributed by atoms with Gasteiger partial charge in [0, 0.05) is 45.1 Å². The number of piperidine rings is 1. The Morgan fingerprint density at radius 2 is 2.00 bits per heavy atom. The SMILES string of the molecule is CCN(CC1CCN(C(=O)CCNC(=O)OC(C)(C)C)CC1)C(C)Cc1ccc2c(c1)CCO2. The van der Waals surface area contributed by atoms with Gasteiger partial charge < -0.3 is 24.6 Å². The van der Waals surface area contributed by atoms with Crippen molar-refractivity contribution in [1.29, 1.82) is 0 Å². The van der Waals surface area contributed by atoms with Crippen molar-refractivity contribution in [2.45, 2.75) is 78.4 Å². The first kappa shape index (κ1) is 26.3. The molecule has 190 valence electrons. The molecule has 7 heteroatoms. The van der Waals surface area contributed by atoms with Crippen molar-refractivity contribution in [1.82, 2.24) is 15.1 Å². The molecule has 7 nitrogen and oxygen atoms in total. The Hall–Kier alpha value is -2.28. The highest BCUT2D eigenvalue weighted by Gasteiger charge is 2.26. The molecule has 2 aliphatic rings. The minimum absolute atomic E-state index is 0.107. The third kappa shape index (κ3) is 7.90. The van der Waals surface area contributed by atoms with E-state index in [4.69, 9.17) is 9.47 Å². The van der Waals surface area contributed by atoms with E-state index in [2.05, 4.69) is 42.3 Å². The standard InChI is InChI=1S/C27H43N3O4/c1-6-29(20(2)17-22-7-8-24-23(18-22)12-16-33-24)19-21-10-14-30(15-11-21)25(31)9-13-28-26(32)34-27(3,4)5/h7-8,18,20-21H,6,9-17,19H2,1-5H3,(H,28,32). The molecular formula is C27H43N3O4. The van der Waals surface area contributed by atoms with E-state index in [1.807, 2.05) is 25.7 Å². The minimum atomic E-state index is -0.532. The van der Waals surface area contributed by atoms with E-state index in [9.17, 15) is 9.59 Å². The molecule has 0 aliphatic carbocycles. The van der Waals surface area contributed by atoms with Crippen LogP contribution in [0.4, 0.5) is 4.79 Å². The number of likely N-dealkylation sites (tertiary alicyclic amines) is 1. The second-order valence-electron chi connectivity index (χ2n) is 10.7. The van der Waals surface area contributed by atoms with Crippen LogP contribution in [0.3, 0.4) is 0 Å². The van der Waals surface area contributed by atoms with Crippen molar-refractivity contribution in [2.24, 2.45) is 5.92 Å². The average Bonchev–Trinajstić information content (AvgIpc) is 3.24. The van der Waals surface area contributed by atoms with Gasteiger partial charge in [-0.15, -0.1) is 0 Å². The van der Waals surface area contributed by atoms with E-state index in [0.717, 1.165) is 64.2 Å². The predicted molar refractivity (Wildman–Crippen MR) is 134 cm³/mol. The maximum atomic E-state index is 12.6. The van der Waals surface area contributed by atoms with Crippen LogP contribution in [0.2, 0.25) is 0 Å². The first-order valence-corrected chi connectivity index (χ1v) is 12.9. The molecule has 0 aromatic heterocycles. The molecular weight excluding hydrogens is 430 g/mol. The number of ether oxygens (including phenoxy) is 2. The van der Waals surface area contributed by atoms with Crippen LogP contribution in [-0.2, 0) is 22.4 Å². The van der Waals surface area contributed by atoms with Gasteiger partial charge in [0.1, 0.15) is 11.4 Å². The van der Waals surface area contributed by atoms with Crippen molar-refractivity contribution in [3.63, 3.8) is 0 Å². The van der Waals surface area contributed by atoms with Crippen LogP contribution in [0.1, 0.15) is 65.0 Å². The maximum Gasteiger partial charge on any atom is 0.407 e. The Labute approximate surface area is 205 Å². The van der Waals surface area contributed by atoms with E-state index >= 15 is 0 Å². The summed E-state index contributed by atoms with van der Waals surface area (Å²) in [5, 5.41) is 2.68. The summed E-state index contributed by atoms with van der Waals surface area (Å²) in [5.41, 5.74) is 2.19. The number of amides is 2. The fourth-order valence-corrected chi connectivity index (χ4v) is 4.90. The number of carbonyl (C=O) groups excluding carboxylic acids is 2. The zero-order valence-electron chi connectivity index (χ0n) is 21.7. The highest BCUT2D eigenvalue weighted by atomic mass is 16.6. The van der Waals surface area contributed by atoms with E-state index < -0.39 is 11.7 Å². The van der Waals surface area contributed by atoms with Crippen molar-refractivity contribution in [3.05, 3.63) is 29.3 Å². The van der Waals surface area contributed by atoms with Crippen LogP contribution in [0, 0.1) is 5.92 Å². The number of fused-ring (bicyclic) bond motifs is 1. The Balaban J connectivity index is 1.38. The Kier molecular flexibility index (Phi) is 9.23. The smallest absolute Gasteiger partial charge is 0.407 e. The average molecular weight is 474 g/mol. The molecule has 1 atom stereocenters. The van der Waals surface area contributed by atoms with Crippen LogP contribution < -0.4 is 10.1 Å². The molecule has 2 heterocycles. The summed E-state index contributed by atoms with van der Waals surface area (Å²) < 4.78 is 10.9. The summed E-state index contributed by atoms with van der Waals surface area (Å²) in [6, 6.07) is 7.12. The number of hydrogen-bond acceptors (Lipinski definition) is 5. The second-order valence-corrected chi connectivity index (χ2v) is 10.7. The number of nitrogens with zero attached hydrogens (tertiary/aromatic N) is 2. The van der Waals surface area contributed by atoms with E-state index in [0.29, 0.717) is 24.9 Å². The molecule has 0 spiro atoms. The van der Waals surface area contributed by atoms with Crippen LogP contribution >= 0.6 is 0 Å². The van der Waals surface area contributed by atoms with Crippen LogP contribution in [0.25, 0.3) is 0 Å². The summed E-state index contributed by atoms with van der Waals surface area (Å²) in [6.07, 6.45) is 3.97. The number of hydrogen-bond donors (Lipinski definition) is 1. The van der Waals surface area contributed by atoms with E-state index in [-0.39, 0.29) is 5.91 Å². The first-order valence-electron chi connectivity index (χ1n) is 12.9. The summed E-state index contributed by atoms with van der Waals surface area (Å²) in [6.45, 7) is 14.9. The molecule has 1 fully saturated rings. The number of nitrogens with one attached hydrogen (secondary N) is 1. The Morgan fingerprint density at radius 3 is 2.68 bits per heavy atom. The van der Waals surface area contributed by atoms with Gasteiger partial charge in [-0.2, -0.15) is 0 Å². The first-order chi connectivity index (χ1) is 16.1. The second kappa shape index (κ2) is 11.9. The molecule has 2 aliphatic heterocycles. The van der Waals surface area contributed by atoms with Gasteiger partial charge >= 0.3 is 6.09 Å². The molecule has 1 aromatic carbocycles. The zero-order valence-corrected chi connectivity index (χ0v) is 21.7. The van der Waals surface area contributed by atoms with Gasteiger partial charge in [-0.3, -0.25) is 4.79 Å². The van der Waals surface area contributed by atoms with Gasteiger partial charge in [-0.25, -0.2) is 4.79 Å².